The summed E-state index contributed by atoms with van der Waals surface area (Å²) in [6, 6.07) is 2.78. The molecule has 0 heterocycles. The van der Waals surface area contributed by atoms with Crippen LogP contribution in [0.1, 0.15) is 61.6 Å². The summed E-state index contributed by atoms with van der Waals surface area (Å²) in [6.45, 7) is 18.7. The quantitative estimate of drug-likeness (QED) is 0.829. The molecule has 1 nitrogen and oxygen atoms in total. The number of benzene rings is 1. The van der Waals surface area contributed by atoms with Crippen molar-refractivity contribution in [1.29, 1.82) is 0 Å². The fourth-order valence-electron chi connectivity index (χ4n) is 4.27. The van der Waals surface area contributed by atoms with Crippen molar-refractivity contribution in [2.45, 2.75) is 61.4 Å². The maximum absolute atomic E-state index is 3.63. The summed E-state index contributed by atoms with van der Waals surface area (Å²) in [6.07, 6.45) is 0. The number of hydrogen-bond acceptors (Lipinski definition) is 1. The van der Waals surface area contributed by atoms with Gasteiger partial charge in [0.25, 0.3) is 0 Å². The van der Waals surface area contributed by atoms with Crippen LogP contribution in [-0.2, 0) is 0 Å². The van der Waals surface area contributed by atoms with Crippen molar-refractivity contribution in [3.63, 3.8) is 0 Å². The lowest BCUT2D eigenvalue weighted by molar-refractivity contribution is 0.434. The SMILES string of the molecule is CNC(c1c(C)c(C)cc(C)c1C)C1C(C)(C)C1(C)C. The highest BCUT2D eigenvalue weighted by atomic mass is 14.9. The maximum Gasteiger partial charge on any atom is 0.0362 e. The standard InChI is InChI=1S/C19H31N/c1-11-10-12(2)14(4)15(13(11)3)16(20-9)17-18(5,6)19(17,7)8/h10,16-17,20H,1-9H3. The van der Waals surface area contributed by atoms with E-state index in [-0.39, 0.29) is 0 Å². The Labute approximate surface area is 125 Å². The molecule has 1 fully saturated rings. The first-order valence-electron chi connectivity index (χ1n) is 7.82. The van der Waals surface area contributed by atoms with E-state index < -0.39 is 0 Å². The predicted octanol–water partition coefficient (Wildman–Crippen LogP) is 4.86. The first-order valence-corrected chi connectivity index (χ1v) is 7.82. The normalized spacial score (nSPS) is 21.9. The van der Waals surface area contributed by atoms with Gasteiger partial charge in [-0.05, 0) is 79.3 Å². The summed E-state index contributed by atoms with van der Waals surface area (Å²) in [5.74, 6) is 0.693. The van der Waals surface area contributed by atoms with Crippen LogP contribution in [0, 0.1) is 44.4 Å². The second kappa shape index (κ2) is 4.59. The van der Waals surface area contributed by atoms with Gasteiger partial charge in [0.05, 0.1) is 0 Å². The summed E-state index contributed by atoms with van der Waals surface area (Å²) in [5, 5.41) is 3.63. The molecule has 1 saturated carbocycles. The van der Waals surface area contributed by atoms with Gasteiger partial charge in [0.15, 0.2) is 0 Å². The molecule has 1 unspecified atom stereocenters. The Morgan fingerprint density at radius 1 is 0.900 bits per heavy atom. The fraction of sp³-hybridized carbons (Fsp3) is 0.684. The molecule has 0 aliphatic heterocycles. The van der Waals surface area contributed by atoms with E-state index in [1.165, 1.54) is 27.8 Å². The van der Waals surface area contributed by atoms with Gasteiger partial charge in [-0.2, -0.15) is 0 Å². The fourth-order valence-corrected chi connectivity index (χ4v) is 4.27. The Balaban J connectivity index is 2.56. The van der Waals surface area contributed by atoms with Crippen molar-refractivity contribution in [3.8, 4) is 0 Å². The van der Waals surface area contributed by atoms with E-state index in [2.05, 4.69) is 73.8 Å². The molecule has 20 heavy (non-hydrogen) atoms. The molecule has 112 valence electrons. The number of aryl methyl sites for hydroxylation is 2. The molecule has 1 aliphatic carbocycles. The van der Waals surface area contributed by atoms with Crippen LogP contribution in [0.15, 0.2) is 6.07 Å². The van der Waals surface area contributed by atoms with Crippen molar-refractivity contribution < 1.29 is 0 Å². The maximum atomic E-state index is 3.63. The van der Waals surface area contributed by atoms with E-state index in [9.17, 15) is 0 Å². The first kappa shape index (κ1) is 15.6. The second-order valence-electron chi connectivity index (χ2n) is 7.86. The largest absolute Gasteiger partial charge is 0.313 e. The molecule has 0 bridgehead atoms. The third-order valence-corrected chi connectivity index (χ3v) is 6.51. The molecule has 1 heteroatoms. The van der Waals surface area contributed by atoms with E-state index in [1.54, 1.807) is 0 Å². The lowest BCUT2D eigenvalue weighted by atomic mass is 9.86. The minimum Gasteiger partial charge on any atom is -0.313 e. The average Bonchev–Trinajstić information content (AvgIpc) is 2.74. The molecule has 1 aliphatic rings. The van der Waals surface area contributed by atoms with Crippen LogP contribution in [0.25, 0.3) is 0 Å². The van der Waals surface area contributed by atoms with E-state index in [0.717, 1.165) is 0 Å². The monoisotopic (exact) mass is 273 g/mol. The van der Waals surface area contributed by atoms with Crippen LogP contribution in [0.5, 0.6) is 0 Å². The lowest BCUT2D eigenvalue weighted by Crippen LogP contribution is -2.24. The van der Waals surface area contributed by atoms with Gasteiger partial charge in [0.2, 0.25) is 0 Å². The molecule has 0 amide bonds. The molecule has 1 N–H and O–H groups in total. The third-order valence-electron chi connectivity index (χ3n) is 6.51. The van der Waals surface area contributed by atoms with Gasteiger partial charge in [-0.25, -0.2) is 0 Å². The highest BCUT2D eigenvalue weighted by molar-refractivity contribution is 5.47. The third kappa shape index (κ3) is 1.94. The highest BCUT2D eigenvalue weighted by Gasteiger charge is 2.67. The summed E-state index contributed by atoms with van der Waals surface area (Å²) >= 11 is 0. The summed E-state index contributed by atoms with van der Waals surface area (Å²) in [7, 11) is 2.12. The Morgan fingerprint density at radius 2 is 1.30 bits per heavy atom. The highest BCUT2D eigenvalue weighted by Crippen LogP contribution is 2.72. The van der Waals surface area contributed by atoms with E-state index in [1.807, 2.05) is 0 Å². The van der Waals surface area contributed by atoms with Crippen LogP contribution in [0.2, 0.25) is 0 Å². The van der Waals surface area contributed by atoms with Crippen LogP contribution >= 0.6 is 0 Å². The van der Waals surface area contributed by atoms with Crippen LogP contribution in [-0.4, -0.2) is 7.05 Å². The smallest absolute Gasteiger partial charge is 0.0362 e. The number of nitrogens with one attached hydrogen (secondary N) is 1. The molecule has 1 aromatic carbocycles. The molecule has 2 rings (SSSR count). The van der Waals surface area contributed by atoms with Crippen molar-refractivity contribution >= 4 is 0 Å². The number of hydrogen-bond donors (Lipinski definition) is 1. The zero-order valence-corrected chi connectivity index (χ0v) is 14.7. The Kier molecular flexibility index (Phi) is 3.57. The zero-order valence-electron chi connectivity index (χ0n) is 14.7. The summed E-state index contributed by atoms with van der Waals surface area (Å²) in [5.41, 5.74) is 8.10. The van der Waals surface area contributed by atoms with Gasteiger partial charge in [0, 0.05) is 6.04 Å². The van der Waals surface area contributed by atoms with Gasteiger partial charge >= 0.3 is 0 Å². The first-order chi connectivity index (χ1) is 9.07. The van der Waals surface area contributed by atoms with Gasteiger partial charge in [-0.1, -0.05) is 33.8 Å². The molecule has 1 atom stereocenters. The van der Waals surface area contributed by atoms with Crippen LogP contribution in [0.3, 0.4) is 0 Å². The average molecular weight is 273 g/mol. The summed E-state index contributed by atoms with van der Waals surface area (Å²) < 4.78 is 0. The van der Waals surface area contributed by atoms with E-state index >= 15 is 0 Å². The zero-order chi connectivity index (χ0) is 15.5. The second-order valence-corrected chi connectivity index (χ2v) is 7.86. The topological polar surface area (TPSA) is 12.0 Å². The van der Waals surface area contributed by atoms with E-state index in [0.29, 0.717) is 22.8 Å². The van der Waals surface area contributed by atoms with Crippen LogP contribution in [0.4, 0.5) is 0 Å². The van der Waals surface area contributed by atoms with E-state index in [4.69, 9.17) is 0 Å². The van der Waals surface area contributed by atoms with Crippen molar-refractivity contribution in [1.82, 2.24) is 5.32 Å². The number of rotatable bonds is 3. The van der Waals surface area contributed by atoms with Crippen molar-refractivity contribution in [2.24, 2.45) is 16.7 Å². The van der Waals surface area contributed by atoms with Crippen molar-refractivity contribution in [3.05, 3.63) is 33.9 Å². The van der Waals surface area contributed by atoms with Crippen molar-refractivity contribution in [2.75, 3.05) is 7.05 Å². The molecule has 0 spiro atoms. The Hall–Kier alpha value is -0.820. The summed E-state index contributed by atoms with van der Waals surface area (Å²) in [4.78, 5) is 0. The van der Waals surface area contributed by atoms with Gasteiger partial charge in [-0.3, -0.25) is 0 Å². The molecule has 1 aromatic rings. The van der Waals surface area contributed by atoms with Gasteiger partial charge in [-0.15, -0.1) is 0 Å². The lowest BCUT2D eigenvalue weighted by Gasteiger charge is -2.26. The molecular weight excluding hydrogens is 242 g/mol. The molecule has 0 radical (unpaired) electrons. The minimum absolute atomic E-state index is 0.400. The van der Waals surface area contributed by atoms with Gasteiger partial charge < -0.3 is 5.32 Å². The molecule has 0 aromatic heterocycles. The predicted molar refractivity (Wildman–Crippen MR) is 88.2 cm³/mol. The minimum atomic E-state index is 0.400. The van der Waals surface area contributed by atoms with Gasteiger partial charge in [0.1, 0.15) is 0 Å². The Morgan fingerprint density at radius 3 is 1.60 bits per heavy atom. The van der Waals surface area contributed by atoms with Crippen LogP contribution < -0.4 is 5.32 Å². The molecular formula is C19H31N. The molecule has 0 saturated heterocycles. The Bertz CT molecular complexity index is 497.